The molecule has 0 amide bonds. The Morgan fingerprint density at radius 2 is 1.46 bits per heavy atom. The summed E-state index contributed by atoms with van der Waals surface area (Å²) < 4.78 is 0.198. The Morgan fingerprint density at radius 3 is 2.00 bits per heavy atom. The molecular weight excluding hydrogens is 322 g/mol. The Labute approximate surface area is 154 Å². The van der Waals surface area contributed by atoms with Crippen LogP contribution in [0.4, 0.5) is 0 Å². The fraction of sp³-hybridized carbons (Fsp3) is 1.00. The average molecular weight is 364 g/mol. The highest BCUT2D eigenvalue weighted by Crippen LogP contribution is 2.31. The van der Waals surface area contributed by atoms with Crippen LogP contribution in [0.1, 0.15) is 72.1 Å². The van der Waals surface area contributed by atoms with Gasteiger partial charge in [0, 0.05) is 30.1 Å². The standard InChI is InChI=1S/C19H41NO3S/c1-4-5-6-7-8-9-10-11-19(2,3)24-17-18(23)16-20(12-14-21)13-15-22/h18,21-23H,4-17H2,1-3H3. The van der Waals surface area contributed by atoms with Crippen LogP contribution in [0.25, 0.3) is 0 Å². The molecule has 0 saturated heterocycles. The summed E-state index contributed by atoms with van der Waals surface area (Å²) in [5.41, 5.74) is 0. The van der Waals surface area contributed by atoms with Crippen molar-refractivity contribution in [1.82, 2.24) is 4.90 Å². The lowest BCUT2D eigenvalue weighted by atomic mass is 10.0. The molecule has 0 aromatic carbocycles. The summed E-state index contributed by atoms with van der Waals surface area (Å²) in [7, 11) is 0. The topological polar surface area (TPSA) is 63.9 Å². The number of nitrogens with zero attached hydrogens (tertiary/aromatic N) is 1. The van der Waals surface area contributed by atoms with Gasteiger partial charge in [-0.2, -0.15) is 11.8 Å². The van der Waals surface area contributed by atoms with Crippen LogP contribution in [0, 0.1) is 0 Å². The lowest BCUT2D eigenvalue weighted by molar-refractivity contribution is 0.0993. The van der Waals surface area contributed by atoms with Gasteiger partial charge in [-0.1, -0.05) is 65.7 Å². The lowest BCUT2D eigenvalue weighted by Gasteiger charge is -2.28. The van der Waals surface area contributed by atoms with Gasteiger partial charge in [0.2, 0.25) is 0 Å². The number of hydrogen-bond donors (Lipinski definition) is 3. The maximum Gasteiger partial charge on any atom is 0.0757 e. The highest BCUT2D eigenvalue weighted by atomic mass is 32.2. The summed E-state index contributed by atoms with van der Waals surface area (Å²) in [4.78, 5) is 1.91. The van der Waals surface area contributed by atoms with E-state index < -0.39 is 6.10 Å². The van der Waals surface area contributed by atoms with Crippen molar-refractivity contribution in [2.75, 3.05) is 38.6 Å². The van der Waals surface area contributed by atoms with Crippen molar-refractivity contribution in [3.8, 4) is 0 Å². The fourth-order valence-electron chi connectivity index (χ4n) is 2.83. The molecule has 0 aliphatic heterocycles. The Balaban J connectivity index is 3.83. The molecule has 0 aromatic rings. The van der Waals surface area contributed by atoms with Crippen LogP contribution < -0.4 is 0 Å². The summed E-state index contributed by atoms with van der Waals surface area (Å²) in [5, 5.41) is 28.2. The third-order valence-corrected chi connectivity index (χ3v) is 5.89. The van der Waals surface area contributed by atoms with E-state index in [-0.39, 0.29) is 18.0 Å². The molecule has 1 atom stereocenters. The maximum atomic E-state index is 10.2. The summed E-state index contributed by atoms with van der Waals surface area (Å²) in [6, 6.07) is 0. The fourth-order valence-corrected chi connectivity index (χ4v) is 3.87. The van der Waals surface area contributed by atoms with Crippen molar-refractivity contribution in [2.24, 2.45) is 0 Å². The Hall–Kier alpha value is 0.190. The van der Waals surface area contributed by atoms with E-state index in [0.717, 1.165) is 0 Å². The molecule has 0 aliphatic carbocycles. The summed E-state index contributed by atoms with van der Waals surface area (Å²) >= 11 is 1.84. The van der Waals surface area contributed by atoms with Crippen molar-refractivity contribution < 1.29 is 15.3 Å². The molecule has 0 rings (SSSR count). The zero-order valence-corrected chi connectivity index (χ0v) is 17.0. The quantitative estimate of drug-likeness (QED) is 0.346. The molecule has 0 spiro atoms. The first-order chi connectivity index (χ1) is 11.4. The molecule has 0 aromatic heterocycles. The first kappa shape index (κ1) is 24.2. The molecule has 0 bridgehead atoms. The van der Waals surface area contributed by atoms with Crippen LogP contribution in [0.3, 0.4) is 0 Å². The van der Waals surface area contributed by atoms with E-state index in [0.29, 0.717) is 25.4 Å². The highest BCUT2D eigenvalue weighted by molar-refractivity contribution is 8.00. The van der Waals surface area contributed by atoms with Crippen molar-refractivity contribution in [3.05, 3.63) is 0 Å². The van der Waals surface area contributed by atoms with Gasteiger partial charge >= 0.3 is 0 Å². The number of rotatable bonds is 17. The normalized spacial score (nSPS) is 13.6. The minimum atomic E-state index is -0.415. The first-order valence-corrected chi connectivity index (χ1v) is 10.7. The van der Waals surface area contributed by atoms with Gasteiger partial charge in [-0.15, -0.1) is 0 Å². The number of aliphatic hydroxyl groups excluding tert-OH is 3. The second-order valence-electron chi connectivity index (χ2n) is 7.34. The molecule has 0 fully saturated rings. The number of thioether (sulfide) groups is 1. The second kappa shape index (κ2) is 15.4. The molecule has 1 unspecified atom stereocenters. The van der Waals surface area contributed by atoms with Crippen LogP contribution in [0.5, 0.6) is 0 Å². The number of unbranched alkanes of at least 4 members (excludes halogenated alkanes) is 6. The van der Waals surface area contributed by atoms with E-state index in [1.165, 1.54) is 51.4 Å². The largest absolute Gasteiger partial charge is 0.395 e. The Morgan fingerprint density at radius 1 is 0.917 bits per heavy atom. The monoisotopic (exact) mass is 363 g/mol. The van der Waals surface area contributed by atoms with Gasteiger partial charge in [0.15, 0.2) is 0 Å². The molecule has 0 saturated carbocycles. The van der Waals surface area contributed by atoms with E-state index in [1.807, 2.05) is 16.7 Å². The van der Waals surface area contributed by atoms with Gasteiger partial charge in [-0.3, -0.25) is 4.90 Å². The average Bonchev–Trinajstić information content (AvgIpc) is 2.53. The highest BCUT2D eigenvalue weighted by Gasteiger charge is 2.20. The molecule has 146 valence electrons. The molecule has 0 radical (unpaired) electrons. The van der Waals surface area contributed by atoms with Gasteiger partial charge in [-0.25, -0.2) is 0 Å². The van der Waals surface area contributed by atoms with Gasteiger partial charge in [0.25, 0.3) is 0 Å². The molecule has 0 aliphatic rings. The second-order valence-corrected chi connectivity index (χ2v) is 9.07. The van der Waals surface area contributed by atoms with Crippen molar-refractivity contribution in [1.29, 1.82) is 0 Å². The van der Waals surface area contributed by atoms with E-state index in [9.17, 15) is 5.11 Å². The van der Waals surface area contributed by atoms with Crippen molar-refractivity contribution >= 4 is 11.8 Å². The first-order valence-electron chi connectivity index (χ1n) is 9.71. The smallest absolute Gasteiger partial charge is 0.0757 e. The third-order valence-electron chi connectivity index (χ3n) is 4.35. The van der Waals surface area contributed by atoms with E-state index in [1.54, 1.807) is 0 Å². The SMILES string of the molecule is CCCCCCCCCC(C)(C)SCC(O)CN(CCO)CCO. The molecule has 0 heterocycles. The molecule has 24 heavy (non-hydrogen) atoms. The van der Waals surface area contributed by atoms with Gasteiger partial charge in [0.1, 0.15) is 0 Å². The lowest BCUT2D eigenvalue weighted by Crippen LogP contribution is -2.38. The molecular formula is C19H41NO3S. The minimum Gasteiger partial charge on any atom is -0.395 e. The predicted octanol–water partition coefficient (Wildman–Crippen LogP) is 3.29. The zero-order chi connectivity index (χ0) is 18.3. The summed E-state index contributed by atoms with van der Waals surface area (Å²) in [6.45, 7) is 8.42. The number of aliphatic hydroxyl groups is 3. The van der Waals surface area contributed by atoms with Crippen LogP contribution >= 0.6 is 11.8 Å². The van der Waals surface area contributed by atoms with Gasteiger partial charge < -0.3 is 15.3 Å². The third kappa shape index (κ3) is 14.5. The Bertz CT molecular complexity index is 271. The summed E-state index contributed by atoms with van der Waals surface area (Å²) in [5.74, 6) is 0.705. The van der Waals surface area contributed by atoms with E-state index in [2.05, 4.69) is 20.8 Å². The van der Waals surface area contributed by atoms with Crippen LogP contribution in [0.15, 0.2) is 0 Å². The number of hydrogen-bond acceptors (Lipinski definition) is 5. The van der Waals surface area contributed by atoms with Gasteiger partial charge in [-0.05, 0) is 6.42 Å². The predicted molar refractivity (Wildman–Crippen MR) is 106 cm³/mol. The maximum absolute atomic E-state index is 10.2. The van der Waals surface area contributed by atoms with Crippen molar-refractivity contribution in [2.45, 2.75) is 83.0 Å². The summed E-state index contributed by atoms with van der Waals surface area (Å²) in [6.07, 6.45) is 10.1. The van der Waals surface area contributed by atoms with E-state index in [4.69, 9.17) is 10.2 Å². The molecule has 3 N–H and O–H groups in total. The van der Waals surface area contributed by atoms with Crippen LogP contribution in [-0.4, -0.2) is 69.7 Å². The van der Waals surface area contributed by atoms with Crippen LogP contribution in [0.2, 0.25) is 0 Å². The Kier molecular flexibility index (Phi) is 15.6. The minimum absolute atomic E-state index is 0.0591. The van der Waals surface area contributed by atoms with Crippen molar-refractivity contribution in [3.63, 3.8) is 0 Å². The van der Waals surface area contributed by atoms with E-state index >= 15 is 0 Å². The van der Waals surface area contributed by atoms with Crippen LogP contribution in [-0.2, 0) is 0 Å². The van der Waals surface area contributed by atoms with Gasteiger partial charge in [0.05, 0.1) is 19.3 Å². The molecule has 5 heteroatoms. The zero-order valence-electron chi connectivity index (χ0n) is 16.2. The molecule has 4 nitrogen and oxygen atoms in total.